The Bertz CT molecular complexity index is 903. The number of aryl methyl sites for hydroxylation is 1. The fraction of sp³-hybridized carbons (Fsp3) is 0.400. The van der Waals surface area contributed by atoms with Gasteiger partial charge in [-0.15, -0.1) is 0 Å². The quantitative estimate of drug-likeness (QED) is 0.708. The summed E-state index contributed by atoms with van der Waals surface area (Å²) in [5.41, 5.74) is 8.49. The van der Waals surface area contributed by atoms with Gasteiger partial charge in [-0.1, -0.05) is 27.7 Å². The fourth-order valence-corrected chi connectivity index (χ4v) is 3.36. The smallest absolute Gasteiger partial charge is 0.273 e. The number of rotatable bonds is 5. The summed E-state index contributed by atoms with van der Waals surface area (Å²) in [5.74, 6) is -0.240. The highest BCUT2D eigenvalue weighted by Gasteiger charge is 2.29. The van der Waals surface area contributed by atoms with Gasteiger partial charge in [-0.25, -0.2) is 5.43 Å². The van der Waals surface area contributed by atoms with Crippen LogP contribution in [0.3, 0.4) is 0 Å². The van der Waals surface area contributed by atoms with E-state index in [-0.39, 0.29) is 11.3 Å². The summed E-state index contributed by atoms with van der Waals surface area (Å²) >= 11 is 0. The van der Waals surface area contributed by atoms with Crippen LogP contribution in [0, 0.1) is 6.92 Å². The van der Waals surface area contributed by atoms with Crippen LogP contribution in [0.5, 0.6) is 0 Å². The van der Waals surface area contributed by atoms with Crippen molar-refractivity contribution in [2.45, 2.75) is 46.6 Å². The van der Waals surface area contributed by atoms with Crippen LogP contribution in [0.2, 0.25) is 0 Å². The van der Waals surface area contributed by atoms with Crippen LogP contribution in [-0.2, 0) is 16.8 Å². The van der Waals surface area contributed by atoms with Gasteiger partial charge in [-0.2, -0.15) is 5.10 Å². The number of aromatic nitrogens is 3. The van der Waals surface area contributed by atoms with Gasteiger partial charge in [-0.3, -0.25) is 14.8 Å². The average molecular weight is 366 g/mol. The predicted molar refractivity (Wildman–Crippen MR) is 106 cm³/mol. The molecule has 0 atom stereocenters. The van der Waals surface area contributed by atoms with Crippen molar-refractivity contribution < 1.29 is 4.79 Å². The first-order valence-electron chi connectivity index (χ1n) is 9.12. The first kappa shape index (κ1) is 19.0. The van der Waals surface area contributed by atoms with Gasteiger partial charge >= 0.3 is 0 Å². The molecule has 0 unspecified atom stereocenters. The zero-order valence-electron chi connectivity index (χ0n) is 16.5. The number of carbonyl (C=O) groups is 1. The van der Waals surface area contributed by atoms with E-state index < -0.39 is 0 Å². The third-order valence-corrected chi connectivity index (χ3v) is 4.51. The molecular weight excluding hydrogens is 340 g/mol. The third-order valence-electron chi connectivity index (χ3n) is 4.51. The van der Waals surface area contributed by atoms with E-state index in [4.69, 9.17) is 0 Å². The lowest BCUT2D eigenvalue weighted by molar-refractivity contribution is -0.116. The Labute approximate surface area is 159 Å². The molecule has 0 saturated carbocycles. The van der Waals surface area contributed by atoms with Gasteiger partial charge in [0.05, 0.1) is 11.8 Å². The van der Waals surface area contributed by atoms with Crippen molar-refractivity contribution >= 4 is 17.7 Å². The number of nitrogens with zero attached hydrogens (tertiary/aromatic N) is 3. The number of amides is 1. The topological polar surface area (TPSA) is 95.1 Å². The normalized spacial score (nSPS) is 16.0. The summed E-state index contributed by atoms with van der Waals surface area (Å²) in [6.45, 7) is 12.4. The molecule has 0 radical (unpaired) electrons. The first-order valence-corrected chi connectivity index (χ1v) is 9.12. The van der Waals surface area contributed by atoms with E-state index in [1.54, 1.807) is 18.6 Å². The monoisotopic (exact) mass is 366 g/mol. The highest BCUT2D eigenvalue weighted by molar-refractivity contribution is 6.32. The summed E-state index contributed by atoms with van der Waals surface area (Å²) in [7, 11) is 0. The van der Waals surface area contributed by atoms with Crippen LogP contribution in [0.25, 0.3) is 6.08 Å². The van der Waals surface area contributed by atoms with E-state index >= 15 is 0 Å². The minimum Gasteiger partial charge on any atom is -0.359 e. The highest BCUT2D eigenvalue weighted by Crippen LogP contribution is 2.33. The number of hydrazone groups is 1. The van der Waals surface area contributed by atoms with Crippen molar-refractivity contribution in [1.82, 2.24) is 25.7 Å². The van der Waals surface area contributed by atoms with E-state index in [0.29, 0.717) is 17.0 Å². The molecule has 1 aliphatic rings. The lowest BCUT2D eigenvalue weighted by Gasteiger charge is -2.22. The molecule has 2 aromatic heterocycles. The summed E-state index contributed by atoms with van der Waals surface area (Å²) in [6, 6.07) is 0. The first-order chi connectivity index (χ1) is 12.8. The van der Waals surface area contributed by atoms with E-state index in [1.165, 1.54) is 11.1 Å². The second-order valence-electron chi connectivity index (χ2n) is 7.60. The number of carbonyl (C=O) groups excluding carboxylic acids is 1. The summed E-state index contributed by atoms with van der Waals surface area (Å²) in [4.78, 5) is 24.2. The number of hydrogen-bond acceptors (Lipinski definition) is 5. The van der Waals surface area contributed by atoms with E-state index in [9.17, 15) is 4.79 Å². The van der Waals surface area contributed by atoms with Crippen molar-refractivity contribution in [2.75, 3.05) is 6.54 Å². The standard InChI is InChI=1S/C20H26N6O/c1-6-21-10-14-12(2)24-15(17(14)20(3,4)5)9-13-18(25-26-19(13)27)16-11-22-7-8-23-16/h7-9,11,21,24H,6,10H2,1-5H3,(H,26,27). The zero-order valence-corrected chi connectivity index (χ0v) is 16.5. The third kappa shape index (κ3) is 3.83. The van der Waals surface area contributed by atoms with Crippen LogP contribution < -0.4 is 10.7 Å². The van der Waals surface area contributed by atoms with Crippen molar-refractivity contribution in [2.24, 2.45) is 5.10 Å². The number of nitrogens with one attached hydrogen (secondary N) is 3. The van der Waals surface area contributed by atoms with E-state index in [0.717, 1.165) is 24.5 Å². The van der Waals surface area contributed by atoms with Crippen molar-refractivity contribution in [1.29, 1.82) is 0 Å². The van der Waals surface area contributed by atoms with Gasteiger partial charge in [0.1, 0.15) is 11.4 Å². The summed E-state index contributed by atoms with van der Waals surface area (Å²) in [6.07, 6.45) is 6.66. The van der Waals surface area contributed by atoms with Gasteiger partial charge in [0.15, 0.2) is 0 Å². The Hall–Kier alpha value is -2.80. The van der Waals surface area contributed by atoms with Crippen LogP contribution in [0.4, 0.5) is 0 Å². The Morgan fingerprint density at radius 2 is 2.04 bits per heavy atom. The molecule has 0 aliphatic carbocycles. The molecule has 0 spiro atoms. The predicted octanol–water partition coefficient (Wildman–Crippen LogP) is 2.44. The maximum Gasteiger partial charge on any atom is 0.273 e. The van der Waals surface area contributed by atoms with E-state index in [1.807, 2.05) is 6.08 Å². The van der Waals surface area contributed by atoms with Gasteiger partial charge in [0.2, 0.25) is 0 Å². The molecule has 3 N–H and O–H groups in total. The van der Waals surface area contributed by atoms with Crippen LogP contribution >= 0.6 is 0 Å². The number of aromatic amines is 1. The lowest BCUT2D eigenvalue weighted by atomic mass is 9.83. The Kier molecular flexibility index (Phi) is 5.23. The molecule has 7 heteroatoms. The SMILES string of the molecule is CCNCc1c(C)[nH]c(C=C2C(=O)NN=C2c2cnccn2)c1C(C)(C)C. The Morgan fingerprint density at radius 3 is 2.67 bits per heavy atom. The molecule has 0 saturated heterocycles. The molecular formula is C20H26N6O. The Balaban J connectivity index is 2.10. The van der Waals surface area contributed by atoms with Crippen LogP contribution in [0.1, 0.15) is 55.9 Å². The minimum absolute atomic E-state index is 0.0825. The molecule has 0 fully saturated rings. The molecule has 1 aliphatic heterocycles. The molecule has 3 heterocycles. The van der Waals surface area contributed by atoms with Gasteiger partial charge in [-0.05, 0) is 36.1 Å². The molecule has 0 aromatic carbocycles. The largest absolute Gasteiger partial charge is 0.359 e. The highest BCUT2D eigenvalue weighted by atomic mass is 16.2. The van der Waals surface area contributed by atoms with Crippen molar-refractivity contribution in [3.05, 3.63) is 52.4 Å². The molecule has 142 valence electrons. The fourth-order valence-electron chi connectivity index (χ4n) is 3.36. The Morgan fingerprint density at radius 1 is 1.26 bits per heavy atom. The zero-order chi connectivity index (χ0) is 19.6. The van der Waals surface area contributed by atoms with Gasteiger partial charge in [0, 0.05) is 30.3 Å². The van der Waals surface area contributed by atoms with E-state index in [2.05, 4.69) is 65.4 Å². The number of hydrogen-bond donors (Lipinski definition) is 3. The molecule has 0 bridgehead atoms. The summed E-state index contributed by atoms with van der Waals surface area (Å²) < 4.78 is 0. The maximum absolute atomic E-state index is 12.4. The van der Waals surface area contributed by atoms with Gasteiger partial charge < -0.3 is 10.3 Å². The second-order valence-corrected chi connectivity index (χ2v) is 7.60. The molecule has 1 amide bonds. The lowest BCUT2D eigenvalue weighted by Crippen LogP contribution is -2.20. The summed E-state index contributed by atoms with van der Waals surface area (Å²) in [5, 5.41) is 7.56. The van der Waals surface area contributed by atoms with Crippen molar-refractivity contribution in [3.63, 3.8) is 0 Å². The van der Waals surface area contributed by atoms with Crippen molar-refractivity contribution in [3.8, 4) is 0 Å². The molecule has 3 rings (SSSR count). The number of H-pyrrole nitrogens is 1. The minimum atomic E-state index is -0.240. The molecule has 27 heavy (non-hydrogen) atoms. The van der Waals surface area contributed by atoms with Crippen LogP contribution in [-0.4, -0.2) is 33.1 Å². The maximum atomic E-state index is 12.4. The molecule has 7 nitrogen and oxygen atoms in total. The second kappa shape index (κ2) is 7.44. The molecule has 2 aromatic rings. The average Bonchev–Trinajstić information content (AvgIpc) is 3.14. The van der Waals surface area contributed by atoms with Gasteiger partial charge in [0.25, 0.3) is 5.91 Å². The van der Waals surface area contributed by atoms with Crippen LogP contribution in [0.15, 0.2) is 29.3 Å².